The largest absolute Gasteiger partial charge is 0.452 e. The van der Waals surface area contributed by atoms with E-state index in [-0.39, 0.29) is 18.6 Å². The van der Waals surface area contributed by atoms with E-state index < -0.39 is 5.97 Å². The Labute approximate surface area is 160 Å². The summed E-state index contributed by atoms with van der Waals surface area (Å²) in [7, 11) is 0. The molecule has 0 spiro atoms. The van der Waals surface area contributed by atoms with Crippen molar-refractivity contribution in [3.8, 4) is 0 Å². The van der Waals surface area contributed by atoms with Gasteiger partial charge in [-0.25, -0.2) is 4.79 Å². The third-order valence-electron chi connectivity index (χ3n) is 5.14. The minimum absolute atomic E-state index is 0.0828. The van der Waals surface area contributed by atoms with Gasteiger partial charge in [-0.05, 0) is 67.9 Å². The number of nitrogens with one attached hydrogen (secondary N) is 1. The lowest BCUT2D eigenvalue weighted by atomic mass is 9.90. The number of rotatable bonds is 6. The van der Waals surface area contributed by atoms with E-state index >= 15 is 0 Å². The predicted octanol–water partition coefficient (Wildman–Crippen LogP) is 4.30. The van der Waals surface area contributed by atoms with E-state index in [2.05, 4.69) is 5.32 Å². The van der Waals surface area contributed by atoms with Crippen LogP contribution in [-0.4, -0.2) is 18.5 Å². The number of benzene rings is 2. The van der Waals surface area contributed by atoms with Crippen LogP contribution in [0.1, 0.15) is 64.8 Å². The van der Waals surface area contributed by atoms with Crippen LogP contribution in [0.15, 0.2) is 42.5 Å². The zero-order valence-electron chi connectivity index (χ0n) is 16.1. The fraction of sp³-hybridized carbons (Fsp3) is 0.391. The molecule has 0 saturated heterocycles. The molecular formula is C23H27NO3. The fourth-order valence-corrected chi connectivity index (χ4v) is 3.53. The van der Waals surface area contributed by atoms with Crippen LogP contribution < -0.4 is 5.32 Å². The quantitative estimate of drug-likeness (QED) is 0.777. The number of hydrogen-bond acceptors (Lipinski definition) is 3. The summed E-state index contributed by atoms with van der Waals surface area (Å²) in [4.78, 5) is 24.5. The van der Waals surface area contributed by atoms with E-state index in [0.29, 0.717) is 5.56 Å². The molecule has 1 amide bonds. The van der Waals surface area contributed by atoms with Crippen molar-refractivity contribution in [3.63, 3.8) is 0 Å². The number of hydrogen-bond donors (Lipinski definition) is 1. The van der Waals surface area contributed by atoms with Crippen LogP contribution in [0.25, 0.3) is 0 Å². The van der Waals surface area contributed by atoms with Crippen LogP contribution in [0.5, 0.6) is 0 Å². The van der Waals surface area contributed by atoms with Crippen LogP contribution >= 0.6 is 0 Å². The summed E-state index contributed by atoms with van der Waals surface area (Å²) in [6.07, 6.45) is 5.21. The van der Waals surface area contributed by atoms with Crippen LogP contribution in [0, 0.1) is 6.92 Å². The zero-order chi connectivity index (χ0) is 19.2. The van der Waals surface area contributed by atoms with Crippen molar-refractivity contribution in [2.75, 3.05) is 6.61 Å². The average molecular weight is 365 g/mol. The SMILES string of the molecule is CC[C@H](NC(=O)COC(=O)c1ccc2c(c1)CCCC2)c1ccc(C)cc1. The van der Waals surface area contributed by atoms with Gasteiger partial charge in [-0.3, -0.25) is 4.79 Å². The first-order valence-corrected chi connectivity index (χ1v) is 9.71. The molecule has 1 aliphatic carbocycles. The van der Waals surface area contributed by atoms with E-state index in [0.717, 1.165) is 31.2 Å². The highest BCUT2D eigenvalue weighted by atomic mass is 16.5. The molecule has 3 rings (SSSR count). The number of ether oxygens (including phenoxy) is 1. The van der Waals surface area contributed by atoms with Gasteiger partial charge in [0.2, 0.25) is 0 Å². The first-order valence-electron chi connectivity index (χ1n) is 9.71. The Bertz CT molecular complexity index is 811. The van der Waals surface area contributed by atoms with Gasteiger partial charge in [-0.15, -0.1) is 0 Å². The molecule has 0 saturated carbocycles. The smallest absolute Gasteiger partial charge is 0.338 e. The standard InChI is InChI=1S/C23H27NO3/c1-3-21(18-10-8-16(2)9-11-18)24-22(25)15-27-23(26)20-13-12-17-6-4-5-7-19(17)14-20/h8-14,21H,3-7,15H2,1-2H3,(H,24,25)/t21-/m0/s1. The van der Waals surface area contributed by atoms with Gasteiger partial charge in [-0.2, -0.15) is 0 Å². The van der Waals surface area contributed by atoms with Gasteiger partial charge in [0.1, 0.15) is 0 Å². The van der Waals surface area contributed by atoms with Crippen molar-refractivity contribution in [1.29, 1.82) is 0 Å². The van der Waals surface area contributed by atoms with Crippen LogP contribution in [-0.2, 0) is 22.4 Å². The molecular weight excluding hydrogens is 338 g/mol. The molecule has 27 heavy (non-hydrogen) atoms. The number of carbonyl (C=O) groups excluding carboxylic acids is 2. The lowest BCUT2D eigenvalue weighted by Crippen LogP contribution is -2.32. The minimum Gasteiger partial charge on any atom is -0.452 e. The summed E-state index contributed by atoms with van der Waals surface area (Å²) in [5.41, 5.74) is 5.30. The summed E-state index contributed by atoms with van der Waals surface area (Å²) in [5.74, 6) is -0.726. The van der Waals surface area contributed by atoms with Gasteiger partial charge >= 0.3 is 5.97 Å². The normalized spacial score (nSPS) is 14.1. The molecule has 2 aromatic rings. The maximum Gasteiger partial charge on any atom is 0.338 e. The predicted molar refractivity (Wildman–Crippen MR) is 106 cm³/mol. The van der Waals surface area contributed by atoms with Crippen LogP contribution in [0.3, 0.4) is 0 Å². The number of fused-ring (bicyclic) bond motifs is 1. The topological polar surface area (TPSA) is 55.4 Å². The molecule has 0 aliphatic heterocycles. The van der Waals surface area contributed by atoms with Gasteiger partial charge in [0, 0.05) is 0 Å². The van der Waals surface area contributed by atoms with Crippen molar-refractivity contribution in [1.82, 2.24) is 5.32 Å². The van der Waals surface area contributed by atoms with E-state index in [9.17, 15) is 9.59 Å². The fourth-order valence-electron chi connectivity index (χ4n) is 3.53. The van der Waals surface area contributed by atoms with Gasteiger partial charge in [0.15, 0.2) is 6.61 Å². The van der Waals surface area contributed by atoms with Crippen LogP contribution in [0.4, 0.5) is 0 Å². The average Bonchev–Trinajstić information content (AvgIpc) is 2.70. The number of aryl methyl sites for hydroxylation is 3. The van der Waals surface area contributed by atoms with Crippen LogP contribution in [0.2, 0.25) is 0 Å². The highest BCUT2D eigenvalue weighted by Crippen LogP contribution is 2.22. The summed E-state index contributed by atoms with van der Waals surface area (Å²) in [5, 5.41) is 2.94. The molecule has 0 unspecified atom stereocenters. The highest BCUT2D eigenvalue weighted by Gasteiger charge is 2.17. The zero-order valence-corrected chi connectivity index (χ0v) is 16.1. The Hall–Kier alpha value is -2.62. The van der Waals surface area contributed by atoms with Crippen molar-refractivity contribution >= 4 is 11.9 Å². The molecule has 0 bridgehead atoms. The molecule has 4 nitrogen and oxygen atoms in total. The van der Waals surface area contributed by atoms with E-state index in [1.807, 2.05) is 50.2 Å². The van der Waals surface area contributed by atoms with E-state index in [1.165, 1.54) is 23.1 Å². The molecule has 4 heteroatoms. The molecule has 0 heterocycles. The second-order valence-electron chi connectivity index (χ2n) is 7.21. The molecule has 0 aromatic heterocycles. The number of carbonyl (C=O) groups is 2. The summed E-state index contributed by atoms with van der Waals surface area (Å²) in [6.45, 7) is 3.78. The molecule has 1 atom stereocenters. The molecule has 1 aliphatic rings. The minimum atomic E-state index is -0.443. The first-order chi connectivity index (χ1) is 13.1. The highest BCUT2D eigenvalue weighted by molar-refractivity contribution is 5.91. The Morgan fingerprint density at radius 2 is 1.74 bits per heavy atom. The van der Waals surface area contributed by atoms with Crippen molar-refractivity contribution in [3.05, 3.63) is 70.3 Å². The van der Waals surface area contributed by atoms with Gasteiger partial charge in [0.05, 0.1) is 11.6 Å². The molecule has 2 aromatic carbocycles. The maximum atomic E-state index is 12.3. The lowest BCUT2D eigenvalue weighted by molar-refractivity contribution is -0.125. The lowest BCUT2D eigenvalue weighted by Gasteiger charge is -2.18. The first kappa shape index (κ1) is 19.2. The maximum absolute atomic E-state index is 12.3. The Morgan fingerprint density at radius 1 is 1.04 bits per heavy atom. The monoisotopic (exact) mass is 365 g/mol. The summed E-state index contributed by atoms with van der Waals surface area (Å²) < 4.78 is 5.23. The molecule has 1 N–H and O–H groups in total. The summed E-state index contributed by atoms with van der Waals surface area (Å²) >= 11 is 0. The third-order valence-corrected chi connectivity index (χ3v) is 5.14. The molecule has 142 valence electrons. The van der Waals surface area contributed by atoms with Gasteiger partial charge in [-0.1, -0.05) is 42.8 Å². The number of amides is 1. The van der Waals surface area contributed by atoms with Crippen molar-refractivity contribution in [2.45, 2.75) is 52.0 Å². The van der Waals surface area contributed by atoms with E-state index in [4.69, 9.17) is 4.74 Å². The van der Waals surface area contributed by atoms with E-state index in [1.54, 1.807) is 6.07 Å². The second-order valence-corrected chi connectivity index (χ2v) is 7.21. The second kappa shape index (κ2) is 8.85. The van der Waals surface area contributed by atoms with Gasteiger partial charge < -0.3 is 10.1 Å². The number of esters is 1. The Morgan fingerprint density at radius 3 is 2.44 bits per heavy atom. The Kier molecular flexibility index (Phi) is 6.28. The molecule has 0 radical (unpaired) electrons. The van der Waals surface area contributed by atoms with Crippen molar-refractivity contribution in [2.24, 2.45) is 0 Å². The van der Waals surface area contributed by atoms with Gasteiger partial charge in [0.25, 0.3) is 5.91 Å². The Balaban J connectivity index is 1.55. The third kappa shape index (κ3) is 4.97. The molecule has 0 fully saturated rings. The van der Waals surface area contributed by atoms with Crippen molar-refractivity contribution < 1.29 is 14.3 Å². The summed E-state index contributed by atoms with van der Waals surface area (Å²) in [6, 6.07) is 13.7.